The van der Waals surface area contributed by atoms with Gasteiger partial charge in [-0.05, 0) is 38.3 Å². The predicted molar refractivity (Wildman–Crippen MR) is 70.9 cm³/mol. The van der Waals surface area contributed by atoms with E-state index in [1.165, 1.54) is 13.4 Å². The Morgan fingerprint density at radius 3 is 2.95 bits per heavy atom. The highest BCUT2D eigenvalue weighted by molar-refractivity contribution is 5.48. The summed E-state index contributed by atoms with van der Waals surface area (Å²) in [5, 5.41) is 14.3. The zero-order valence-corrected chi connectivity index (χ0v) is 11.4. The second-order valence-corrected chi connectivity index (χ2v) is 4.64. The fraction of sp³-hybridized carbons (Fsp3) is 0.667. The van der Waals surface area contributed by atoms with Crippen molar-refractivity contribution in [2.24, 2.45) is 5.92 Å². The Morgan fingerprint density at radius 2 is 2.30 bits per heavy atom. The van der Waals surface area contributed by atoms with Crippen molar-refractivity contribution in [1.29, 1.82) is 0 Å². The molecule has 20 heavy (non-hydrogen) atoms. The standard InChI is InChI=1S/C12H18N4O4/c1-19-11-10(16(17)18)12(15-8-14-11)20-6-4-9-3-2-5-13-7-9/h8-9,13H,2-7H2,1H3. The third kappa shape index (κ3) is 3.53. The van der Waals surface area contributed by atoms with Crippen molar-refractivity contribution >= 4 is 5.69 Å². The van der Waals surface area contributed by atoms with Gasteiger partial charge in [-0.2, -0.15) is 9.97 Å². The van der Waals surface area contributed by atoms with E-state index in [-0.39, 0.29) is 17.4 Å². The number of methoxy groups -OCH3 is 1. The maximum Gasteiger partial charge on any atom is 0.392 e. The molecule has 1 saturated heterocycles. The van der Waals surface area contributed by atoms with Gasteiger partial charge in [0.2, 0.25) is 0 Å². The van der Waals surface area contributed by atoms with Gasteiger partial charge in [0.1, 0.15) is 6.33 Å². The molecule has 1 aromatic heterocycles. The highest BCUT2D eigenvalue weighted by Gasteiger charge is 2.25. The summed E-state index contributed by atoms with van der Waals surface area (Å²) in [6.45, 7) is 2.43. The fourth-order valence-corrected chi connectivity index (χ4v) is 2.25. The highest BCUT2D eigenvalue weighted by Crippen LogP contribution is 2.32. The number of aromatic nitrogens is 2. The summed E-state index contributed by atoms with van der Waals surface area (Å²) >= 11 is 0. The first kappa shape index (κ1) is 14.4. The highest BCUT2D eigenvalue weighted by atomic mass is 16.6. The van der Waals surface area contributed by atoms with Gasteiger partial charge in [0.25, 0.3) is 0 Å². The smallest absolute Gasteiger partial charge is 0.392 e. The Morgan fingerprint density at radius 1 is 1.50 bits per heavy atom. The molecular weight excluding hydrogens is 264 g/mol. The number of rotatable bonds is 6. The summed E-state index contributed by atoms with van der Waals surface area (Å²) < 4.78 is 10.3. The molecule has 2 heterocycles. The first-order chi connectivity index (χ1) is 9.72. The van der Waals surface area contributed by atoms with E-state index in [1.807, 2.05) is 0 Å². The minimum atomic E-state index is -0.587. The number of ether oxygens (including phenoxy) is 2. The molecule has 0 saturated carbocycles. The molecule has 1 N–H and O–H groups in total. The monoisotopic (exact) mass is 282 g/mol. The van der Waals surface area contributed by atoms with Gasteiger partial charge in [-0.25, -0.2) is 0 Å². The van der Waals surface area contributed by atoms with Crippen LogP contribution in [0.25, 0.3) is 0 Å². The van der Waals surface area contributed by atoms with Crippen LogP contribution in [0.5, 0.6) is 11.8 Å². The third-order valence-corrected chi connectivity index (χ3v) is 3.29. The summed E-state index contributed by atoms with van der Waals surface area (Å²) in [6.07, 6.45) is 4.36. The van der Waals surface area contributed by atoms with Crippen LogP contribution in [0.2, 0.25) is 0 Å². The average Bonchev–Trinajstić information content (AvgIpc) is 2.47. The van der Waals surface area contributed by atoms with E-state index < -0.39 is 4.92 Å². The molecule has 0 bridgehead atoms. The van der Waals surface area contributed by atoms with E-state index in [0.717, 1.165) is 32.4 Å². The van der Waals surface area contributed by atoms with Crippen molar-refractivity contribution in [3.63, 3.8) is 0 Å². The Hall–Kier alpha value is -1.96. The first-order valence-corrected chi connectivity index (χ1v) is 6.59. The van der Waals surface area contributed by atoms with Crippen LogP contribution in [0.15, 0.2) is 6.33 Å². The van der Waals surface area contributed by atoms with Gasteiger partial charge in [-0.1, -0.05) is 0 Å². The van der Waals surface area contributed by atoms with Crippen LogP contribution in [0.3, 0.4) is 0 Å². The van der Waals surface area contributed by atoms with Gasteiger partial charge < -0.3 is 14.8 Å². The summed E-state index contributed by atoms with van der Waals surface area (Å²) in [7, 11) is 1.33. The van der Waals surface area contributed by atoms with E-state index in [9.17, 15) is 10.1 Å². The van der Waals surface area contributed by atoms with Gasteiger partial charge >= 0.3 is 17.4 Å². The van der Waals surface area contributed by atoms with Crippen LogP contribution >= 0.6 is 0 Å². The fourth-order valence-electron chi connectivity index (χ4n) is 2.25. The molecule has 8 heteroatoms. The van der Waals surface area contributed by atoms with Crippen LogP contribution in [0.4, 0.5) is 5.69 Å². The van der Waals surface area contributed by atoms with E-state index in [0.29, 0.717) is 12.5 Å². The molecule has 1 aromatic rings. The van der Waals surface area contributed by atoms with E-state index in [1.54, 1.807) is 0 Å². The summed E-state index contributed by atoms with van der Waals surface area (Å²) in [5.41, 5.74) is -0.322. The number of hydrogen-bond donors (Lipinski definition) is 1. The number of nitrogens with one attached hydrogen (secondary N) is 1. The Bertz CT molecular complexity index is 463. The van der Waals surface area contributed by atoms with Crippen LogP contribution < -0.4 is 14.8 Å². The predicted octanol–water partition coefficient (Wildman–Crippen LogP) is 1.16. The van der Waals surface area contributed by atoms with Gasteiger partial charge in [0.05, 0.1) is 18.6 Å². The van der Waals surface area contributed by atoms with Gasteiger partial charge in [0.15, 0.2) is 0 Å². The van der Waals surface area contributed by atoms with Crippen molar-refractivity contribution < 1.29 is 14.4 Å². The summed E-state index contributed by atoms with van der Waals surface area (Å²) in [4.78, 5) is 18.0. The number of nitro groups is 1. The minimum absolute atomic E-state index is 0.0365. The SMILES string of the molecule is COc1ncnc(OCCC2CCCNC2)c1[N+](=O)[O-]. The topological polar surface area (TPSA) is 99.4 Å². The van der Waals surface area contributed by atoms with Crippen LogP contribution in [-0.2, 0) is 0 Å². The first-order valence-electron chi connectivity index (χ1n) is 6.59. The van der Waals surface area contributed by atoms with Crippen LogP contribution in [0, 0.1) is 16.0 Å². The lowest BCUT2D eigenvalue weighted by Crippen LogP contribution is -2.30. The zero-order chi connectivity index (χ0) is 14.4. The minimum Gasteiger partial charge on any atom is -0.476 e. The molecule has 1 aliphatic rings. The maximum absolute atomic E-state index is 11.0. The van der Waals surface area contributed by atoms with Crippen molar-refractivity contribution in [2.45, 2.75) is 19.3 Å². The molecule has 1 atom stereocenters. The molecule has 1 fully saturated rings. The molecular formula is C12H18N4O4. The molecule has 1 unspecified atom stereocenters. The molecule has 2 rings (SSSR count). The van der Waals surface area contributed by atoms with Crippen LogP contribution in [0.1, 0.15) is 19.3 Å². The Kier molecular flexibility index (Phi) is 5.05. The van der Waals surface area contributed by atoms with Gasteiger partial charge in [-0.15, -0.1) is 0 Å². The lowest BCUT2D eigenvalue weighted by molar-refractivity contribution is -0.387. The normalized spacial score (nSPS) is 18.6. The second kappa shape index (κ2) is 6.99. The number of piperidine rings is 1. The van der Waals surface area contributed by atoms with E-state index in [2.05, 4.69) is 15.3 Å². The number of nitrogens with zero attached hydrogens (tertiary/aromatic N) is 3. The van der Waals surface area contributed by atoms with Crippen molar-refractivity contribution in [3.8, 4) is 11.8 Å². The molecule has 0 radical (unpaired) electrons. The summed E-state index contributed by atoms with van der Waals surface area (Å²) in [6, 6.07) is 0. The van der Waals surface area contributed by atoms with Crippen molar-refractivity contribution in [1.82, 2.24) is 15.3 Å². The molecule has 0 spiro atoms. The average molecular weight is 282 g/mol. The lowest BCUT2D eigenvalue weighted by Gasteiger charge is -2.22. The van der Waals surface area contributed by atoms with Crippen LogP contribution in [-0.4, -0.2) is 41.7 Å². The van der Waals surface area contributed by atoms with Gasteiger partial charge in [-0.3, -0.25) is 10.1 Å². The molecule has 0 aromatic carbocycles. The maximum atomic E-state index is 11.0. The van der Waals surface area contributed by atoms with E-state index in [4.69, 9.17) is 9.47 Å². The lowest BCUT2D eigenvalue weighted by atomic mass is 9.97. The summed E-state index contributed by atoms with van der Waals surface area (Å²) in [5.74, 6) is 0.427. The molecule has 0 amide bonds. The van der Waals surface area contributed by atoms with Gasteiger partial charge in [0, 0.05) is 0 Å². The molecule has 0 aliphatic carbocycles. The second-order valence-electron chi connectivity index (χ2n) is 4.64. The quantitative estimate of drug-likeness (QED) is 0.617. The molecule has 1 aliphatic heterocycles. The largest absolute Gasteiger partial charge is 0.476 e. The Labute approximate surface area is 116 Å². The zero-order valence-electron chi connectivity index (χ0n) is 11.4. The molecule has 110 valence electrons. The number of hydrogen-bond acceptors (Lipinski definition) is 7. The molecule has 8 nitrogen and oxygen atoms in total. The van der Waals surface area contributed by atoms with Crippen molar-refractivity contribution in [2.75, 3.05) is 26.8 Å². The third-order valence-electron chi connectivity index (χ3n) is 3.29. The Balaban J connectivity index is 1.96. The van der Waals surface area contributed by atoms with E-state index >= 15 is 0 Å². The van der Waals surface area contributed by atoms with Crippen molar-refractivity contribution in [3.05, 3.63) is 16.4 Å².